The Morgan fingerprint density at radius 1 is 1.35 bits per heavy atom. The number of hydrogen-bond donors (Lipinski definition) is 2. The first-order valence-corrected chi connectivity index (χ1v) is 8.26. The minimum Gasteiger partial charge on any atom is -0.352 e. The maximum Gasteiger partial charge on any atom is 0.251 e. The number of carbonyl (C=O) groups excluding carboxylic acids is 1. The fraction of sp³-hybridized carbons (Fsp3) is 0.500. The molecule has 1 fully saturated rings. The summed E-state index contributed by atoms with van der Waals surface area (Å²) in [5, 5.41) is 7.98. The van der Waals surface area contributed by atoms with E-state index in [4.69, 9.17) is 5.14 Å². The molecule has 1 amide bonds. The van der Waals surface area contributed by atoms with Gasteiger partial charge in [0.05, 0.1) is 4.90 Å². The van der Waals surface area contributed by atoms with Gasteiger partial charge in [-0.2, -0.15) is 0 Å². The van der Waals surface area contributed by atoms with Crippen molar-refractivity contribution >= 4 is 15.9 Å². The predicted octanol–water partition coefficient (Wildman–Crippen LogP) is 1.48. The standard InChI is InChI=1S/C14H20N2O3S/c1-9-7-12(20(15,18)19)8-13(10(9)2)14(17)16-6-5-11-3-4-11/h7-8,11H,3-6H2,1-2H3,(H,16,17)(H2,15,18,19). The van der Waals surface area contributed by atoms with Gasteiger partial charge in [0.25, 0.3) is 5.91 Å². The second kappa shape index (κ2) is 5.54. The molecule has 0 aromatic heterocycles. The zero-order valence-electron chi connectivity index (χ0n) is 11.8. The summed E-state index contributed by atoms with van der Waals surface area (Å²) in [5.74, 6) is 0.505. The van der Waals surface area contributed by atoms with E-state index in [1.807, 2.05) is 0 Å². The Balaban J connectivity index is 2.20. The number of hydrogen-bond acceptors (Lipinski definition) is 3. The molecule has 110 valence electrons. The average Bonchev–Trinajstić information content (AvgIpc) is 3.15. The van der Waals surface area contributed by atoms with E-state index >= 15 is 0 Å². The lowest BCUT2D eigenvalue weighted by molar-refractivity contribution is 0.0951. The topological polar surface area (TPSA) is 89.3 Å². The number of sulfonamides is 1. The molecule has 20 heavy (non-hydrogen) atoms. The van der Waals surface area contributed by atoms with Crippen LogP contribution in [0.25, 0.3) is 0 Å². The Hall–Kier alpha value is -1.40. The SMILES string of the molecule is Cc1cc(S(N)(=O)=O)cc(C(=O)NCCC2CC2)c1C. The zero-order valence-corrected chi connectivity index (χ0v) is 12.6. The van der Waals surface area contributed by atoms with Gasteiger partial charge in [0, 0.05) is 12.1 Å². The van der Waals surface area contributed by atoms with E-state index in [1.165, 1.54) is 25.0 Å². The molecule has 1 saturated carbocycles. The summed E-state index contributed by atoms with van der Waals surface area (Å²) in [5.41, 5.74) is 1.90. The molecule has 0 spiro atoms. The van der Waals surface area contributed by atoms with Crippen molar-refractivity contribution < 1.29 is 13.2 Å². The second-order valence-electron chi connectivity index (χ2n) is 5.45. The maximum absolute atomic E-state index is 12.2. The van der Waals surface area contributed by atoms with E-state index in [-0.39, 0.29) is 10.8 Å². The molecule has 0 heterocycles. The van der Waals surface area contributed by atoms with Crippen LogP contribution in [-0.4, -0.2) is 20.9 Å². The average molecular weight is 296 g/mol. The lowest BCUT2D eigenvalue weighted by atomic mass is 10.0. The van der Waals surface area contributed by atoms with Gasteiger partial charge >= 0.3 is 0 Å². The van der Waals surface area contributed by atoms with Gasteiger partial charge in [0.15, 0.2) is 0 Å². The first kappa shape index (κ1) is 15.0. The molecule has 1 aliphatic carbocycles. The van der Waals surface area contributed by atoms with Gasteiger partial charge in [-0.15, -0.1) is 0 Å². The van der Waals surface area contributed by atoms with Crippen LogP contribution in [0.5, 0.6) is 0 Å². The van der Waals surface area contributed by atoms with E-state index in [0.717, 1.165) is 23.5 Å². The van der Waals surface area contributed by atoms with Crippen molar-refractivity contribution in [2.24, 2.45) is 11.1 Å². The summed E-state index contributed by atoms with van der Waals surface area (Å²) in [7, 11) is -3.80. The molecule has 0 radical (unpaired) electrons. The number of aryl methyl sites for hydroxylation is 1. The first-order chi connectivity index (χ1) is 9.29. The van der Waals surface area contributed by atoms with Crippen molar-refractivity contribution in [1.29, 1.82) is 0 Å². The molecular weight excluding hydrogens is 276 g/mol. The summed E-state index contributed by atoms with van der Waals surface area (Å²) < 4.78 is 22.9. The molecule has 1 aliphatic rings. The number of rotatable bonds is 5. The number of nitrogens with one attached hydrogen (secondary N) is 1. The Bertz CT molecular complexity index is 634. The number of amides is 1. The Morgan fingerprint density at radius 2 is 2.00 bits per heavy atom. The van der Waals surface area contributed by atoms with Gasteiger partial charge in [-0.05, 0) is 49.4 Å². The summed E-state index contributed by atoms with van der Waals surface area (Å²) in [6.45, 7) is 4.20. The maximum atomic E-state index is 12.2. The van der Waals surface area contributed by atoms with Crippen LogP contribution in [0.2, 0.25) is 0 Å². The van der Waals surface area contributed by atoms with Crippen molar-refractivity contribution in [2.75, 3.05) is 6.54 Å². The Kier molecular flexibility index (Phi) is 4.15. The molecule has 1 aromatic carbocycles. The zero-order chi connectivity index (χ0) is 14.9. The molecule has 0 bridgehead atoms. The number of nitrogens with two attached hydrogens (primary N) is 1. The molecule has 2 rings (SSSR count). The van der Waals surface area contributed by atoms with Crippen LogP contribution in [0.15, 0.2) is 17.0 Å². The minimum atomic E-state index is -3.80. The summed E-state index contributed by atoms with van der Waals surface area (Å²) in [6.07, 6.45) is 3.47. The highest BCUT2D eigenvalue weighted by Crippen LogP contribution is 2.31. The van der Waals surface area contributed by atoms with Gasteiger partial charge in [0.2, 0.25) is 10.0 Å². The monoisotopic (exact) mass is 296 g/mol. The molecule has 0 aliphatic heterocycles. The van der Waals surface area contributed by atoms with E-state index in [9.17, 15) is 13.2 Å². The third-order valence-corrected chi connectivity index (χ3v) is 4.64. The third-order valence-electron chi connectivity index (χ3n) is 3.75. The van der Waals surface area contributed by atoms with Crippen molar-refractivity contribution in [2.45, 2.75) is 38.0 Å². The largest absolute Gasteiger partial charge is 0.352 e. The lowest BCUT2D eigenvalue weighted by Crippen LogP contribution is -2.26. The van der Waals surface area contributed by atoms with Crippen molar-refractivity contribution in [3.05, 3.63) is 28.8 Å². The molecule has 0 unspecified atom stereocenters. The van der Waals surface area contributed by atoms with E-state index in [1.54, 1.807) is 13.8 Å². The van der Waals surface area contributed by atoms with Crippen LogP contribution in [0.4, 0.5) is 0 Å². The molecule has 6 heteroatoms. The fourth-order valence-corrected chi connectivity index (χ4v) is 2.74. The molecule has 3 N–H and O–H groups in total. The van der Waals surface area contributed by atoms with Crippen LogP contribution < -0.4 is 10.5 Å². The van der Waals surface area contributed by atoms with Crippen molar-refractivity contribution in [3.63, 3.8) is 0 Å². The summed E-state index contributed by atoms with van der Waals surface area (Å²) in [4.78, 5) is 12.1. The van der Waals surface area contributed by atoms with Gasteiger partial charge < -0.3 is 5.32 Å². The second-order valence-corrected chi connectivity index (χ2v) is 7.01. The number of benzene rings is 1. The highest BCUT2D eigenvalue weighted by molar-refractivity contribution is 7.89. The van der Waals surface area contributed by atoms with Crippen LogP contribution >= 0.6 is 0 Å². The minimum absolute atomic E-state index is 0.0204. The van der Waals surface area contributed by atoms with E-state index < -0.39 is 10.0 Å². The quantitative estimate of drug-likeness (QED) is 0.862. The molecular formula is C14H20N2O3S. The summed E-state index contributed by atoms with van der Waals surface area (Å²) in [6, 6.07) is 2.84. The number of primary sulfonamides is 1. The van der Waals surface area contributed by atoms with E-state index in [0.29, 0.717) is 12.1 Å². The van der Waals surface area contributed by atoms with Crippen LogP contribution in [0.3, 0.4) is 0 Å². The van der Waals surface area contributed by atoms with Crippen LogP contribution in [-0.2, 0) is 10.0 Å². The van der Waals surface area contributed by atoms with E-state index in [2.05, 4.69) is 5.32 Å². The van der Waals surface area contributed by atoms with Gasteiger partial charge in [-0.3, -0.25) is 4.79 Å². The predicted molar refractivity (Wildman–Crippen MR) is 77.0 cm³/mol. The number of carbonyl (C=O) groups is 1. The Morgan fingerprint density at radius 3 is 2.55 bits per heavy atom. The van der Waals surface area contributed by atoms with Crippen molar-refractivity contribution in [3.8, 4) is 0 Å². The molecule has 0 saturated heterocycles. The highest BCUT2D eigenvalue weighted by atomic mass is 32.2. The molecule has 5 nitrogen and oxygen atoms in total. The van der Waals surface area contributed by atoms with Crippen LogP contribution in [0, 0.1) is 19.8 Å². The fourth-order valence-electron chi connectivity index (χ4n) is 2.12. The smallest absolute Gasteiger partial charge is 0.251 e. The lowest BCUT2D eigenvalue weighted by Gasteiger charge is -2.11. The molecule has 1 aromatic rings. The molecule has 0 atom stereocenters. The van der Waals surface area contributed by atoms with Crippen molar-refractivity contribution in [1.82, 2.24) is 5.32 Å². The van der Waals surface area contributed by atoms with Crippen LogP contribution in [0.1, 0.15) is 40.7 Å². The Labute approximate surface area is 119 Å². The third kappa shape index (κ3) is 3.58. The van der Waals surface area contributed by atoms with Gasteiger partial charge in [-0.25, -0.2) is 13.6 Å². The highest BCUT2D eigenvalue weighted by Gasteiger charge is 2.21. The van der Waals surface area contributed by atoms with Gasteiger partial charge in [0.1, 0.15) is 0 Å². The van der Waals surface area contributed by atoms with Gasteiger partial charge in [-0.1, -0.05) is 12.8 Å². The normalized spacial score (nSPS) is 15.2. The summed E-state index contributed by atoms with van der Waals surface area (Å²) >= 11 is 0. The first-order valence-electron chi connectivity index (χ1n) is 6.71.